The van der Waals surface area contributed by atoms with Gasteiger partial charge in [-0.15, -0.1) is 0 Å². The van der Waals surface area contributed by atoms with Crippen molar-refractivity contribution in [2.75, 3.05) is 0 Å². The maximum absolute atomic E-state index is 5.14. The molecular formula is C40H25N11. The van der Waals surface area contributed by atoms with Gasteiger partial charge >= 0.3 is 0 Å². The van der Waals surface area contributed by atoms with Gasteiger partial charge in [0, 0.05) is 59.7 Å². The first-order chi connectivity index (χ1) is 25.3. The van der Waals surface area contributed by atoms with Crippen LogP contribution in [0, 0.1) is 0 Å². The fourth-order valence-electron chi connectivity index (χ4n) is 6.82. The lowest BCUT2D eigenvalue weighted by Crippen LogP contribution is -2.13. The Morgan fingerprint density at radius 3 is 1.49 bits per heavy atom. The van der Waals surface area contributed by atoms with Gasteiger partial charge in [0.2, 0.25) is 0 Å². The summed E-state index contributed by atoms with van der Waals surface area (Å²) < 4.78 is 4.08. The van der Waals surface area contributed by atoms with E-state index in [1.54, 1.807) is 37.2 Å². The maximum atomic E-state index is 5.14. The van der Waals surface area contributed by atoms with Crippen molar-refractivity contribution >= 4 is 34.1 Å². The van der Waals surface area contributed by atoms with Crippen molar-refractivity contribution in [2.24, 2.45) is 4.99 Å². The van der Waals surface area contributed by atoms with Gasteiger partial charge in [-0.25, -0.2) is 39.9 Å². The van der Waals surface area contributed by atoms with Gasteiger partial charge in [0.05, 0.1) is 17.3 Å². The van der Waals surface area contributed by atoms with Crippen LogP contribution in [0.1, 0.15) is 22.7 Å². The van der Waals surface area contributed by atoms with Gasteiger partial charge in [-0.05, 0) is 53.6 Å². The van der Waals surface area contributed by atoms with Gasteiger partial charge in [-0.2, -0.15) is 0 Å². The summed E-state index contributed by atoms with van der Waals surface area (Å²) in [6.45, 7) is 0. The first-order valence-electron chi connectivity index (χ1n) is 16.4. The third-order valence-corrected chi connectivity index (χ3v) is 8.98. The van der Waals surface area contributed by atoms with Crippen LogP contribution in [-0.4, -0.2) is 54.7 Å². The second kappa shape index (κ2) is 11.7. The highest BCUT2D eigenvalue weighted by Crippen LogP contribution is 2.41. The maximum Gasteiger partial charge on any atom is 0.198 e. The standard InChI is InChI=1S/C40H25N11/c1-4-10-25(11-5-1)31-32(47-34-33(31)41-16-17-42-34)26-22-27(37-48-35-39(45-20-18-43-35)50(37)29-12-6-2-7-13-29)24-28(23-26)38-49-36-40(46-21-19-44-36)51(38)30-14-8-3-9-15-30/h1-24,31H. The fourth-order valence-corrected chi connectivity index (χ4v) is 6.82. The molecular weight excluding hydrogens is 635 g/mol. The van der Waals surface area contributed by atoms with E-state index in [4.69, 9.17) is 29.9 Å². The second-order valence-corrected chi connectivity index (χ2v) is 12.0. The molecule has 0 aliphatic carbocycles. The quantitative estimate of drug-likeness (QED) is 0.182. The molecule has 0 N–H and O–H groups in total. The van der Waals surface area contributed by atoms with Gasteiger partial charge in [0.25, 0.3) is 0 Å². The highest BCUT2D eigenvalue weighted by molar-refractivity contribution is 6.12. The van der Waals surface area contributed by atoms with E-state index in [1.807, 2.05) is 88.0 Å². The van der Waals surface area contributed by atoms with Crippen LogP contribution >= 0.6 is 0 Å². The first-order valence-corrected chi connectivity index (χ1v) is 16.4. The van der Waals surface area contributed by atoms with Crippen LogP contribution in [0.25, 0.3) is 56.7 Å². The third kappa shape index (κ3) is 4.78. The highest BCUT2D eigenvalue weighted by atomic mass is 15.2. The number of aromatic nitrogens is 10. The van der Waals surface area contributed by atoms with Crippen molar-refractivity contribution in [3.8, 4) is 34.2 Å². The normalized spacial score (nSPS) is 13.8. The van der Waals surface area contributed by atoms with E-state index in [2.05, 4.69) is 45.3 Å². The van der Waals surface area contributed by atoms with Crippen molar-refractivity contribution in [2.45, 2.75) is 5.92 Å². The fraction of sp³-hybridized carbons (Fsp3) is 0.0250. The third-order valence-electron chi connectivity index (χ3n) is 8.98. The van der Waals surface area contributed by atoms with E-state index >= 15 is 0 Å². The van der Waals surface area contributed by atoms with Crippen LogP contribution < -0.4 is 0 Å². The van der Waals surface area contributed by atoms with Crippen LogP contribution in [0.15, 0.2) is 151 Å². The zero-order valence-electron chi connectivity index (χ0n) is 26.9. The molecule has 0 radical (unpaired) electrons. The summed E-state index contributed by atoms with van der Waals surface area (Å²) in [6, 6.07) is 36.8. The monoisotopic (exact) mass is 659 g/mol. The van der Waals surface area contributed by atoms with E-state index in [0.29, 0.717) is 40.1 Å². The Kier molecular flexibility index (Phi) is 6.59. The van der Waals surface area contributed by atoms with E-state index in [1.165, 1.54) is 0 Å². The molecule has 11 nitrogen and oxygen atoms in total. The molecule has 0 bridgehead atoms. The van der Waals surface area contributed by atoms with Crippen molar-refractivity contribution in [1.29, 1.82) is 0 Å². The number of aliphatic imine (C=N–C) groups is 1. The SMILES string of the molecule is c1ccc(C2C(c3cc(-c4nc5nccnc5n4-c4ccccc4)cc(-c4nc5nccnc5n4-c4ccccc4)c3)=Nc3nccnc32)cc1. The average Bonchev–Trinajstić information content (AvgIpc) is 3.91. The summed E-state index contributed by atoms with van der Waals surface area (Å²) in [5.74, 6) is 1.70. The van der Waals surface area contributed by atoms with Gasteiger partial charge in [0.15, 0.2) is 28.4 Å². The summed E-state index contributed by atoms with van der Waals surface area (Å²) in [5, 5.41) is 0. The van der Waals surface area contributed by atoms with Gasteiger partial charge < -0.3 is 0 Å². The number of rotatable bonds is 6. The highest BCUT2D eigenvalue weighted by Gasteiger charge is 2.33. The van der Waals surface area contributed by atoms with Crippen LogP contribution in [0.2, 0.25) is 0 Å². The molecule has 1 unspecified atom stereocenters. The van der Waals surface area contributed by atoms with E-state index < -0.39 is 0 Å². The second-order valence-electron chi connectivity index (χ2n) is 12.0. The molecule has 0 saturated carbocycles. The van der Waals surface area contributed by atoms with E-state index in [0.717, 1.165) is 45.0 Å². The van der Waals surface area contributed by atoms with Crippen LogP contribution in [0.3, 0.4) is 0 Å². The number of hydrogen-bond donors (Lipinski definition) is 0. The molecule has 1 atom stereocenters. The molecule has 5 aromatic heterocycles. The lowest BCUT2D eigenvalue weighted by Gasteiger charge is -2.17. The Morgan fingerprint density at radius 2 is 0.922 bits per heavy atom. The molecule has 0 saturated heterocycles. The van der Waals surface area contributed by atoms with Crippen molar-refractivity contribution in [3.05, 3.63) is 163 Å². The number of hydrogen-bond acceptors (Lipinski definition) is 9. The topological polar surface area (TPSA) is 125 Å². The molecule has 4 aromatic carbocycles. The molecule has 51 heavy (non-hydrogen) atoms. The lowest BCUT2D eigenvalue weighted by atomic mass is 9.87. The summed E-state index contributed by atoms with van der Waals surface area (Å²) in [5.41, 5.74) is 9.41. The molecule has 11 heteroatoms. The Bertz CT molecular complexity index is 2620. The summed E-state index contributed by atoms with van der Waals surface area (Å²) >= 11 is 0. The molecule has 0 amide bonds. The minimum Gasteiger partial charge on any atom is -0.275 e. The predicted molar refractivity (Wildman–Crippen MR) is 194 cm³/mol. The van der Waals surface area contributed by atoms with Crippen LogP contribution in [-0.2, 0) is 0 Å². The number of nitrogens with zero attached hydrogens (tertiary/aromatic N) is 11. The molecule has 240 valence electrons. The summed E-state index contributed by atoms with van der Waals surface area (Å²) in [4.78, 5) is 43.3. The van der Waals surface area contributed by atoms with Gasteiger partial charge in [-0.3, -0.25) is 14.1 Å². The van der Waals surface area contributed by atoms with Crippen LogP contribution in [0.4, 0.5) is 5.82 Å². The Labute approximate surface area is 290 Å². The molecule has 10 rings (SSSR count). The number of imidazole rings is 2. The van der Waals surface area contributed by atoms with Crippen molar-refractivity contribution in [3.63, 3.8) is 0 Å². The number of benzene rings is 4. The minimum atomic E-state index is -0.245. The van der Waals surface area contributed by atoms with Gasteiger partial charge in [-0.1, -0.05) is 66.7 Å². The largest absolute Gasteiger partial charge is 0.275 e. The zero-order valence-corrected chi connectivity index (χ0v) is 26.9. The Morgan fingerprint density at radius 1 is 0.451 bits per heavy atom. The summed E-state index contributed by atoms with van der Waals surface area (Å²) in [6.07, 6.45) is 10.1. The minimum absolute atomic E-state index is 0.245. The summed E-state index contributed by atoms with van der Waals surface area (Å²) in [7, 11) is 0. The van der Waals surface area contributed by atoms with E-state index in [9.17, 15) is 0 Å². The first kappa shape index (κ1) is 28.7. The molecule has 6 heterocycles. The molecule has 1 aliphatic rings. The average molecular weight is 660 g/mol. The lowest BCUT2D eigenvalue weighted by molar-refractivity contribution is 1.00. The molecule has 1 aliphatic heterocycles. The van der Waals surface area contributed by atoms with E-state index in [-0.39, 0.29) is 5.92 Å². The Balaban J connectivity index is 1.28. The molecule has 9 aromatic rings. The van der Waals surface area contributed by atoms with Gasteiger partial charge in [0.1, 0.15) is 11.6 Å². The molecule has 0 spiro atoms. The number of fused-ring (bicyclic) bond motifs is 3. The smallest absolute Gasteiger partial charge is 0.198 e. The predicted octanol–water partition coefficient (Wildman–Crippen LogP) is 7.33. The zero-order chi connectivity index (χ0) is 33.7. The van der Waals surface area contributed by atoms with Crippen molar-refractivity contribution in [1.82, 2.24) is 49.0 Å². The number of para-hydroxylation sites is 2. The Hall–Kier alpha value is -7.27. The van der Waals surface area contributed by atoms with Crippen molar-refractivity contribution < 1.29 is 0 Å². The van der Waals surface area contributed by atoms with Crippen LogP contribution in [0.5, 0.6) is 0 Å². The molecule has 0 fully saturated rings.